The molecule has 1 heterocycles. The zero-order valence-corrected chi connectivity index (χ0v) is 18.7. The molecule has 4 rings (SSSR count). The summed E-state index contributed by atoms with van der Waals surface area (Å²) in [6, 6.07) is 12.3. The molecule has 0 saturated heterocycles. The molecule has 1 amide bonds. The molecular weight excluding hydrogens is 404 g/mol. The molecule has 1 aliphatic rings. The van der Waals surface area contributed by atoms with Crippen LogP contribution < -0.4 is 26.2 Å². The number of primary amides is 1. The molecule has 0 fully saturated rings. The number of unbranched alkanes of at least 4 members (excludes halogenated alkanes) is 1. The molecule has 6 heteroatoms. The molecule has 2 N–H and O–H groups in total. The maximum atomic E-state index is 12.4. The van der Waals surface area contributed by atoms with Crippen molar-refractivity contribution >= 4 is 28.4 Å². The largest absolute Gasteiger partial charge is 0.489 e. The smallest absolute Gasteiger partial charge is 0.268 e. The number of allylic oxidation sites excluding steroid dienone is 1. The fourth-order valence-corrected chi connectivity index (χ4v) is 4.58. The summed E-state index contributed by atoms with van der Waals surface area (Å²) in [5.41, 5.74) is 7.13. The van der Waals surface area contributed by atoms with Crippen LogP contribution in [0.2, 0.25) is 0 Å². The van der Waals surface area contributed by atoms with Crippen LogP contribution in [0.15, 0.2) is 51.7 Å². The highest BCUT2D eigenvalue weighted by molar-refractivity contribution is 5.96. The van der Waals surface area contributed by atoms with E-state index < -0.39 is 22.2 Å². The zero-order chi connectivity index (χ0) is 23.0. The zero-order valence-electron chi connectivity index (χ0n) is 18.7. The number of fused-ring (bicyclic) bond motifs is 3. The number of anilines is 1. The van der Waals surface area contributed by atoms with Gasteiger partial charge in [-0.25, -0.2) is 0 Å². The van der Waals surface area contributed by atoms with Gasteiger partial charge in [0.15, 0.2) is 5.75 Å². The van der Waals surface area contributed by atoms with Crippen molar-refractivity contribution in [1.29, 1.82) is 0 Å². The highest BCUT2D eigenvalue weighted by atomic mass is 16.5. The van der Waals surface area contributed by atoms with Crippen LogP contribution in [0.3, 0.4) is 0 Å². The Morgan fingerprint density at radius 3 is 2.59 bits per heavy atom. The van der Waals surface area contributed by atoms with E-state index in [1.807, 2.05) is 30.0 Å². The third kappa shape index (κ3) is 3.49. The van der Waals surface area contributed by atoms with E-state index in [9.17, 15) is 14.4 Å². The summed E-state index contributed by atoms with van der Waals surface area (Å²) in [5, 5.41) is 2.24. The van der Waals surface area contributed by atoms with E-state index in [2.05, 4.69) is 32.0 Å². The summed E-state index contributed by atoms with van der Waals surface area (Å²) in [4.78, 5) is 38.2. The minimum absolute atomic E-state index is 0.141. The van der Waals surface area contributed by atoms with Crippen molar-refractivity contribution in [3.63, 3.8) is 0 Å². The minimum atomic E-state index is -0.574. The topological polar surface area (TPSA) is 89.7 Å². The molecule has 0 bridgehead atoms. The van der Waals surface area contributed by atoms with Gasteiger partial charge >= 0.3 is 0 Å². The third-order valence-corrected chi connectivity index (χ3v) is 6.26. The molecule has 3 aromatic rings. The Balaban J connectivity index is 1.86. The standard InChI is InChI=1S/C26H28N2O4/c1-4-5-14-32-25-18(23(30)24(25)31)15-20-26(2,3)22-17-9-7-6-8-16(17)10-11-19(22)28(20)13-12-21(27)29/h6-11,15H,4-5,12-14H2,1-3H3,(H2,27,29)/b20-15-. The fraction of sp³-hybridized carbons (Fsp3) is 0.346. The van der Waals surface area contributed by atoms with Gasteiger partial charge in [-0.2, -0.15) is 0 Å². The Kier molecular flexibility index (Phi) is 5.63. The van der Waals surface area contributed by atoms with Crippen LogP contribution in [-0.2, 0) is 10.2 Å². The Morgan fingerprint density at radius 1 is 1.12 bits per heavy atom. The lowest BCUT2D eigenvalue weighted by molar-refractivity contribution is -0.117. The number of ether oxygens (including phenoxy) is 1. The third-order valence-electron chi connectivity index (χ3n) is 6.26. The first-order chi connectivity index (χ1) is 15.3. The average Bonchev–Trinajstić information content (AvgIpc) is 2.99. The van der Waals surface area contributed by atoms with Crippen LogP contribution in [-0.4, -0.2) is 19.1 Å². The van der Waals surface area contributed by atoms with Crippen LogP contribution in [0, 0.1) is 0 Å². The second-order valence-corrected chi connectivity index (χ2v) is 8.81. The van der Waals surface area contributed by atoms with Crippen LogP contribution in [0.25, 0.3) is 16.8 Å². The quantitative estimate of drug-likeness (QED) is 0.434. The molecule has 0 aliphatic carbocycles. The van der Waals surface area contributed by atoms with Crippen molar-refractivity contribution in [2.45, 2.75) is 45.4 Å². The number of benzene rings is 2. The lowest BCUT2D eigenvalue weighted by atomic mass is 9.80. The Bertz CT molecular complexity index is 1300. The van der Waals surface area contributed by atoms with E-state index in [1.54, 1.807) is 6.08 Å². The van der Waals surface area contributed by atoms with Gasteiger partial charge in [0.05, 0.1) is 12.2 Å². The number of amides is 1. The first-order valence-electron chi connectivity index (χ1n) is 11.0. The maximum Gasteiger partial charge on any atom is 0.268 e. The van der Waals surface area contributed by atoms with E-state index in [0.29, 0.717) is 18.7 Å². The summed E-state index contributed by atoms with van der Waals surface area (Å²) in [7, 11) is 0. The van der Waals surface area contributed by atoms with E-state index in [1.165, 1.54) is 0 Å². The van der Waals surface area contributed by atoms with Crippen LogP contribution >= 0.6 is 0 Å². The highest BCUT2D eigenvalue weighted by Crippen LogP contribution is 2.51. The summed E-state index contributed by atoms with van der Waals surface area (Å²) < 4.78 is 5.64. The molecule has 0 spiro atoms. The average molecular weight is 433 g/mol. The Hall–Kier alpha value is -3.41. The van der Waals surface area contributed by atoms with Crippen molar-refractivity contribution in [2.24, 2.45) is 5.73 Å². The SMILES string of the molecule is CCCCOc1c(/C=C2\N(CCC(N)=O)c3ccc4ccccc4c3C2(C)C)c(=O)c1=O. The Morgan fingerprint density at radius 2 is 1.88 bits per heavy atom. The Labute approximate surface area is 187 Å². The summed E-state index contributed by atoms with van der Waals surface area (Å²) in [5.74, 6) is -0.253. The second kappa shape index (κ2) is 8.26. The van der Waals surface area contributed by atoms with Gasteiger partial charge in [-0.05, 0) is 34.9 Å². The number of carbonyl (C=O) groups excluding carboxylic acids is 1. The van der Waals surface area contributed by atoms with Gasteiger partial charge in [-0.3, -0.25) is 14.4 Å². The van der Waals surface area contributed by atoms with Gasteiger partial charge in [0, 0.05) is 29.8 Å². The van der Waals surface area contributed by atoms with Crippen LogP contribution in [0.5, 0.6) is 5.75 Å². The number of hydrogen-bond donors (Lipinski definition) is 1. The van der Waals surface area contributed by atoms with Gasteiger partial charge in [0.25, 0.3) is 5.43 Å². The minimum Gasteiger partial charge on any atom is -0.489 e. The van der Waals surface area contributed by atoms with E-state index in [4.69, 9.17) is 10.5 Å². The highest BCUT2D eigenvalue weighted by Gasteiger charge is 2.42. The van der Waals surface area contributed by atoms with Crippen molar-refractivity contribution in [3.05, 3.63) is 73.7 Å². The number of carbonyl (C=O) groups is 1. The van der Waals surface area contributed by atoms with Crippen LogP contribution in [0.4, 0.5) is 5.69 Å². The molecule has 0 saturated carbocycles. The molecule has 6 nitrogen and oxygen atoms in total. The normalized spacial score (nSPS) is 16.1. The molecule has 3 aromatic carbocycles. The first-order valence-corrected chi connectivity index (χ1v) is 11.0. The summed E-state index contributed by atoms with van der Waals surface area (Å²) in [6.07, 6.45) is 3.68. The van der Waals surface area contributed by atoms with E-state index in [0.717, 1.165) is 40.6 Å². The fourth-order valence-electron chi connectivity index (χ4n) is 4.58. The molecule has 32 heavy (non-hydrogen) atoms. The molecule has 1 aliphatic heterocycles. The van der Waals surface area contributed by atoms with Gasteiger partial charge < -0.3 is 15.4 Å². The molecule has 0 atom stereocenters. The number of rotatable bonds is 8. The molecule has 0 unspecified atom stereocenters. The predicted octanol–water partition coefficient (Wildman–Crippen LogP) is 3.63. The van der Waals surface area contributed by atoms with Crippen LogP contribution in [0.1, 0.15) is 51.2 Å². The summed E-state index contributed by atoms with van der Waals surface area (Å²) >= 11 is 0. The van der Waals surface area contributed by atoms with E-state index >= 15 is 0 Å². The van der Waals surface area contributed by atoms with Crippen molar-refractivity contribution in [2.75, 3.05) is 18.1 Å². The second-order valence-electron chi connectivity index (χ2n) is 8.81. The van der Waals surface area contributed by atoms with Gasteiger partial charge in [-0.1, -0.05) is 57.5 Å². The number of nitrogens with zero attached hydrogens (tertiary/aromatic N) is 1. The van der Waals surface area contributed by atoms with Crippen molar-refractivity contribution in [1.82, 2.24) is 0 Å². The van der Waals surface area contributed by atoms with Gasteiger partial charge in [-0.15, -0.1) is 0 Å². The van der Waals surface area contributed by atoms with Crippen molar-refractivity contribution in [3.8, 4) is 5.75 Å². The molecule has 0 radical (unpaired) electrons. The molecule has 0 aromatic heterocycles. The van der Waals surface area contributed by atoms with Gasteiger partial charge in [0.1, 0.15) is 0 Å². The van der Waals surface area contributed by atoms with E-state index in [-0.39, 0.29) is 12.2 Å². The number of hydrogen-bond acceptors (Lipinski definition) is 5. The first kappa shape index (κ1) is 21.8. The summed E-state index contributed by atoms with van der Waals surface area (Å²) in [6.45, 7) is 7.01. The lowest BCUT2D eigenvalue weighted by Gasteiger charge is -2.27. The predicted molar refractivity (Wildman–Crippen MR) is 128 cm³/mol. The van der Waals surface area contributed by atoms with Gasteiger partial charge in [0.2, 0.25) is 11.3 Å². The molecule has 166 valence electrons. The molecular formula is C26H28N2O4. The number of nitrogens with two attached hydrogens (primary N) is 1. The lowest BCUT2D eigenvalue weighted by Crippen LogP contribution is -2.37. The monoisotopic (exact) mass is 432 g/mol. The van der Waals surface area contributed by atoms with Crippen molar-refractivity contribution < 1.29 is 9.53 Å². The maximum absolute atomic E-state index is 12.4.